The number of sulfone groups is 1. The number of hydrogen-bond acceptors (Lipinski definition) is 4. The van der Waals surface area contributed by atoms with E-state index in [9.17, 15) is 13.5 Å². The van der Waals surface area contributed by atoms with Gasteiger partial charge in [-0.25, -0.2) is 8.42 Å². The van der Waals surface area contributed by atoms with Crippen molar-refractivity contribution in [2.45, 2.75) is 38.0 Å². The minimum absolute atomic E-state index is 0.113. The summed E-state index contributed by atoms with van der Waals surface area (Å²) in [4.78, 5) is 2.27. The number of rotatable bonds is 2. The van der Waals surface area contributed by atoms with Crippen LogP contribution in [-0.4, -0.2) is 53.2 Å². The van der Waals surface area contributed by atoms with Crippen molar-refractivity contribution in [1.29, 1.82) is 0 Å². The second kappa shape index (κ2) is 4.86. The fourth-order valence-corrected chi connectivity index (χ4v) is 4.88. The van der Waals surface area contributed by atoms with Gasteiger partial charge in [-0.05, 0) is 31.9 Å². The summed E-state index contributed by atoms with van der Waals surface area (Å²) in [6.07, 6.45) is 2.81. The predicted molar refractivity (Wildman–Crippen MR) is 77.3 cm³/mol. The maximum absolute atomic E-state index is 11.5. The molecule has 5 nitrogen and oxygen atoms in total. The molecule has 1 fully saturated rings. The third-order valence-electron chi connectivity index (χ3n) is 4.72. The number of β-amino-alcohol motifs (C(OH)–C–C–N with tert-alkyl or cyclic N) is 1. The van der Waals surface area contributed by atoms with Gasteiger partial charge >= 0.3 is 0 Å². The zero-order chi connectivity index (χ0) is 14.4. The third kappa shape index (κ3) is 2.64. The van der Waals surface area contributed by atoms with E-state index in [1.807, 2.05) is 0 Å². The smallest absolute Gasteiger partial charge is 0.150 e. The topological polar surface area (TPSA) is 62.5 Å². The van der Waals surface area contributed by atoms with Gasteiger partial charge in [0.2, 0.25) is 0 Å². The number of aromatic nitrogens is 1. The molecular weight excluding hydrogens is 276 g/mol. The van der Waals surface area contributed by atoms with Gasteiger partial charge in [0, 0.05) is 37.6 Å². The minimum Gasteiger partial charge on any atom is -0.388 e. The van der Waals surface area contributed by atoms with E-state index in [0.29, 0.717) is 19.4 Å². The molecule has 0 radical (unpaired) electrons. The van der Waals surface area contributed by atoms with Gasteiger partial charge in [0.05, 0.1) is 17.1 Å². The summed E-state index contributed by atoms with van der Waals surface area (Å²) in [7, 11) is -2.93. The number of fused-ring (bicyclic) bond motifs is 1. The molecule has 2 aliphatic heterocycles. The molecule has 2 aliphatic rings. The van der Waals surface area contributed by atoms with Crippen LogP contribution in [0.15, 0.2) is 18.3 Å². The lowest BCUT2D eigenvalue weighted by Crippen LogP contribution is -2.50. The van der Waals surface area contributed by atoms with Crippen LogP contribution in [0.1, 0.15) is 31.5 Å². The summed E-state index contributed by atoms with van der Waals surface area (Å²) in [6.45, 7) is 4.54. The molecule has 1 aromatic rings. The lowest BCUT2D eigenvalue weighted by Gasteiger charge is -2.41. The van der Waals surface area contributed by atoms with Crippen molar-refractivity contribution in [2.24, 2.45) is 0 Å². The van der Waals surface area contributed by atoms with E-state index < -0.39 is 15.4 Å². The molecule has 0 saturated carbocycles. The van der Waals surface area contributed by atoms with Crippen molar-refractivity contribution in [3.63, 3.8) is 0 Å². The molecule has 0 aliphatic carbocycles. The summed E-state index contributed by atoms with van der Waals surface area (Å²) < 4.78 is 25.2. The largest absolute Gasteiger partial charge is 0.388 e. The van der Waals surface area contributed by atoms with Crippen LogP contribution >= 0.6 is 0 Å². The van der Waals surface area contributed by atoms with Crippen LogP contribution in [0.5, 0.6) is 0 Å². The highest BCUT2D eigenvalue weighted by molar-refractivity contribution is 7.91. The first-order chi connectivity index (χ1) is 9.39. The molecule has 20 heavy (non-hydrogen) atoms. The van der Waals surface area contributed by atoms with Gasteiger partial charge in [0.25, 0.3) is 0 Å². The standard InChI is InChI=1S/C14H22N2O3S/c1-12-13-3-2-6-15(13)7-8-16(12)11-14(17)4-9-20(18,19)10-5-14/h2-3,6,12,17H,4-5,7-11H2,1H3. The van der Waals surface area contributed by atoms with Crippen LogP contribution in [0.2, 0.25) is 0 Å². The number of hydrogen-bond donors (Lipinski definition) is 1. The zero-order valence-electron chi connectivity index (χ0n) is 11.8. The van der Waals surface area contributed by atoms with Gasteiger partial charge in [-0.3, -0.25) is 4.90 Å². The molecule has 1 N–H and O–H groups in total. The Balaban J connectivity index is 1.70. The Bertz CT molecular complexity index is 579. The molecule has 1 saturated heterocycles. The fraction of sp³-hybridized carbons (Fsp3) is 0.714. The third-order valence-corrected chi connectivity index (χ3v) is 6.38. The molecule has 6 heteroatoms. The first kappa shape index (κ1) is 14.1. The first-order valence-corrected chi connectivity index (χ1v) is 9.03. The number of aliphatic hydroxyl groups is 1. The van der Waals surface area contributed by atoms with Crippen LogP contribution in [0.3, 0.4) is 0 Å². The Morgan fingerprint density at radius 1 is 1.35 bits per heavy atom. The quantitative estimate of drug-likeness (QED) is 0.877. The molecule has 0 spiro atoms. The average molecular weight is 298 g/mol. The Morgan fingerprint density at radius 3 is 2.75 bits per heavy atom. The van der Waals surface area contributed by atoms with Crippen molar-refractivity contribution in [3.05, 3.63) is 24.0 Å². The summed E-state index contributed by atoms with van der Waals surface area (Å²) >= 11 is 0. The molecule has 112 valence electrons. The van der Waals surface area contributed by atoms with E-state index in [4.69, 9.17) is 0 Å². The SMILES string of the molecule is CC1c2cccn2CCN1CC1(O)CCS(=O)(=O)CC1. The lowest BCUT2D eigenvalue weighted by molar-refractivity contribution is -0.0207. The van der Waals surface area contributed by atoms with Gasteiger partial charge in [-0.1, -0.05) is 0 Å². The van der Waals surface area contributed by atoms with Gasteiger partial charge in [0.1, 0.15) is 0 Å². The Labute approximate surface area is 120 Å². The lowest BCUT2D eigenvalue weighted by atomic mass is 9.94. The van der Waals surface area contributed by atoms with E-state index in [-0.39, 0.29) is 17.5 Å². The second-order valence-electron chi connectivity index (χ2n) is 6.15. The Hall–Kier alpha value is -0.850. The van der Waals surface area contributed by atoms with E-state index >= 15 is 0 Å². The average Bonchev–Trinajstić information content (AvgIpc) is 2.87. The molecule has 0 aromatic carbocycles. The van der Waals surface area contributed by atoms with Gasteiger partial charge in [0.15, 0.2) is 9.84 Å². The van der Waals surface area contributed by atoms with Crippen LogP contribution in [0.25, 0.3) is 0 Å². The zero-order valence-corrected chi connectivity index (χ0v) is 12.6. The summed E-state index contributed by atoms with van der Waals surface area (Å²) in [6, 6.07) is 4.44. The molecule has 3 rings (SSSR count). The molecule has 1 aromatic heterocycles. The molecule has 1 atom stereocenters. The Morgan fingerprint density at radius 2 is 2.05 bits per heavy atom. The van der Waals surface area contributed by atoms with Crippen molar-refractivity contribution in [3.8, 4) is 0 Å². The van der Waals surface area contributed by atoms with E-state index in [2.05, 4.69) is 34.7 Å². The molecular formula is C14H22N2O3S. The number of nitrogens with zero attached hydrogens (tertiary/aromatic N) is 2. The highest BCUT2D eigenvalue weighted by Crippen LogP contribution is 2.31. The summed E-state index contributed by atoms with van der Waals surface area (Å²) in [5.74, 6) is 0.226. The fourth-order valence-electron chi connectivity index (χ4n) is 3.30. The van der Waals surface area contributed by atoms with Crippen LogP contribution in [-0.2, 0) is 16.4 Å². The highest BCUT2D eigenvalue weighted by atomic mass is 32.2. The van der Waals surface area contributed by atoms with Crippen molar-refractivity contribution >= 4 is 9.84 Å². The Kier molecular flexibility index (Phi) is 3.43. The van der Waals surface area contributed by atoms with Gasteiger partial charge in [-0.15, -0.1) is 0 Å². The highest BCUT2D eigenvalue weighted by Gasteiger charge is 2.38. The van der Waals surface area contributed by atoms with Crippen LogP contribution < -0.4 is 0 Å². The van der Waals surface area contributed by atoms with Crippen molar-refractivity contribution in [1.82, 2.24) is 9.47 Å². The first-order valence-electron chi connectivity index (χ1n) is 7.21. The van der Waals surface area contributed by atoms with E-state index in [1.165, 1.54) is 5.69 Å². The minimum atomic E-state index is -2.93. The van der Waals surface area contributed by atoms with Crippen molar-refractivity contribution in [2.75, 3.05) is 24.6 Å². The molecule has 3 heterocycles. The van der Waals surface area contributed by atoms with Gasteiger partial charge in [-0.2, -0.15) is 0 Å². The maximum Gasteiger partial charge on any atom is 0.150 e. The monoisotopic (exact) mass is 298 g/mol. The van der Waals surface area contributed by atoms with E-state index in [0.717, 1.165) is 13.1 Å². The van der Waals surface area contributed by atoms with Gasteiger partial charge < -0.3 is 9.67 Å². The summed E-state index contributed by atoms with van der Waals surface area (Å²) in [5.41, 5.74) is 0.414. The molecule has 0 amide bonds. The van der Waals surface area contributed by atoms with Crippen LogP contribution in [0, 0.1) is 0 Å². The predicted octanol–water partition coefficient (Wildman–Crippen LogP) is 0.804. The maximum atomic E-state index is 11.5. The normalized spacial score (nSPS) is 29.0. The van der Waals surface area contributed by atoms with Crippen molar-refractivity contribution < 1.29 is 13.5 Å². The summed E-state index contributed by atoms with van der Waals surface area (Å²) in [5, 5.41) is 10.7. The molecule has 1 unspecified atom stereocenters. The van der Waals surface area contributed by atoms with Crippen LogP contribution in [0.4, 0.5) is 0 Å². The second-order valence-corrected chi connectivity index (χ2v) is 8.45. The van der Waals surface area contributed by atoms with E-state index in [1.54, 1.807) is 0 Å². The molecule has 0 bridgehead atoms.